The minimum Gasteiger partial charge on any atom is -0.455 e. The van der Waals surface area contributed by atoms with Crippen LogP contribution in [-0.2, 0) is 19.6 Å². The molecule has 0 radical (unpaired) electrons. The molecule has 2 bridgehead atoms. The number of piperidine rings is 3. The Morgan fingerprint density at radius 3 is 2.21 bits per heavy atom. The maximum atomic E-state index is 13.8. The van der Waals surface area contributed by atoms with Crippen molar-refractivity contribution in [2.75, 3.05) is 26.2 Å². The van der Waals surface area contributed by atoms with E-state index in [1.807, 2.05) is 18.2 Å². The Hall–Kier alpha value is -3.47. The minimum absolute atomic E-state index is 0.0301. The van der Waals surface area contributed by atoms with E-state index in [4.69, 9.17) is 4.74 Å². The van der Waals surface area contributed by atoms with Crippen molar-refractivity contribution in [2.24, 2.45) is 5.92 Å². The highest BCUT2D eigenvalue weighted by atomic mass is 32.2. The second kappa shape index (κ2) is 11.0. The first-order valence-corrected chi connectivity index (χ1v) is 14.3. The molecule has 204 valence electrons. The van der Waals surface area contributed by atoms with Crippen LogP contribution in [0.3, 0.4) is 0 Å². The van der Waals surface area contributed by atoms with E-state index in [9.17, 15) is 26.8 Å². The van der Waals surface area contributed by atoms with Crippen LogP contribution in [0.4, 0.5) is 8.78 Å². The van der Waals surface area contributed by atoms with E-state index >= 15 is 0 Å². The molecule has 3 saturated heterocycles. The van der Waals surface area contributed by atoms with Gasteiger partial charge in [-0.25, -0.2) is 22.0 Å². The summed E-state index contributed by atoms with van der Waals surface area (Å²) >= 11 is 0. The average Bonchev–Trinajstić information content (AvgIpc) is 2.94. The molecule has 0 aromatic heterocycles. The normalized spacial score (nSPS) is 23.2. The highest BCUT2D eigenvalue weighted by Crippen LogP contribution is 2.36. The van der Waals surface area contributed by atoms with Gasteiger partial charge in [-0.2, -0.15) is 4.72 Å². The number of sulfonamides is 1. The number of nitrogens with zero attached hydrogens (tertiary/aromatic N) is 1. The number of carbonyl (C=O) groups excluding carboxylic acids is 2. The summed E-state index contributed by atoms with van der Waals surface area (Å²) in [6.07, 6.45) is 1.09. The van der Waals surface area contributed by atoms with Gasteiger partial charge in [0.2, 0.25) is 15.8 Å². The molecule has 3 aromatic carbocycles. The van der Waals surface area contributed by atoms with E-state index in [-0.39, 0.29) is 11.7 Å². The number of benzene rings is 3. The molecule has 0 aliphatic carbocycles. The van der Waals surface area contributed by atoms with Gasteiger partial charge < -0.3 is 9.22 Å². The van der Waals surface area contributed by atoms with Gasteiger partial charge in [0.05, 0.1) is 18.0 Å². The summed E-state index contributed by atoms with van der Waals surface area (Å²) in [6.45, 7) is 2.38. The zero-order chi connectivity index (χ0) is 27.6. The van der Waals surface area contributed by atoms with E-state index in [1.165, 1.54) is 0 Å². The summed E-state index contributed by atoms with van der Waals surface area (Å²) in [5, 5.41) is 0. The number of nitrogens with one attached hydrogen (secondary N) is 1. The lowest BCUT2D eigenvalue weighted by Crippen LogP contribution is -2.66. The Morgan fingerprint density at radius 1 is 0.923 bits per heavy atom. The summed E-state index contributed by atoms with van der Waals surface area (Å²) in [5.74, 6) is -3.15. The molecule has 7 nitrogen and oxygen atoms in total. The summed E-state index contributed by atoms with van der Waals surface area (Å²) < 4.78 is 62.1. The zero-order valence-electron chi connectivity index (χ0n) is 21.1. The van der Waals surface area contributed by atoms with Gasteiger partial charge in [0.25, 0.3) is 0 Å². The second-order valence-electron chi connectivity index (χ2n) is 10.3. The lowest BCUT2D eigenvalue weighted by Gasteiger charge is -2.51. The lowest BCUT2D eigenvalue weighted by molar-refractivity contribution is -0.938. The van der Waals surface area contributed by atoms with Crippen LogP contribution in [0.5, 0.6) is 0 Å². The molecule has 6 rings (SSSR count). The van der Waals surface area contributed by atoms with Crippen molar-refractivity contribution >= 4 is 21.8 Å². The molecular formula is C29H29F2N2O5S+. The largest absolute Gasteiger partial charge is 0.455 e. The summed E-state index contributed by atoms with van der Waals surface area (Å²) in [5.41, 5.74) is 0.986. The van der Waals surface area contributed by atoms with Gasteiger partial charge in [-0.3, -0.25) is 4.79 Å². The first-order valence-electron chi connectivity index (χ1n) is 12.8. The molecule has 3 aliphatic heterocycles. The monoisotopic (exact) mass is 555 g/mol. The molecule has 0 saturated carbocycles. The molecule has 10 heteroatoms. The maximum Gasteiger partial charge on any atom is 0.329 e. The van der Waals surface area contributed by atoms with E-state index in [0.29, 0.717) is 40.8 Å². The third kappa shape index (κ3) is 5.93. The summed E-state index contributed by atoms with van der Waals surface area (Å²) in [6, 6.07) is 18.1. The van der Waals surface area contributed by atoms with Gasteiger partial charge in [-0.1, -0.05) is 60.7 Å². The molecule has 2 atom stereocenters. The van der Waals surface area contributed by atoms with E-state index in [1.54, 1.807) is 42.5 Å². The molecule has 3 fully saturated rings. The van der Waals surface area contributed by atoms with Gasteiger partial charge in [-0.15, -0.1) is 0 Å². The number of hydrogen-bond acceptors (Lipinski definition) is 5. The van der Waals surface area contributed by atoms with Crippen molar-refractivity contribution in [3.8, 4) is 0 Å². The number of rotatable bonds is 9. The van der Waals surface area contributed by atoms with Gasteiger partial charge in [0.1, 0.15) is 19.1 Å². The Kier molecular flexibility index (Phi) is 7.61. The molecule has 1 N–H and O–H groups in total. The zero-order valence-corrected chi connectivity index (χ0v) is 21.9. The SMILES string of the molecule is O=C(C[N+]12CCC(CC1)[C@@H](OC(=O)C(NS(=O)(=O)c1ccc(F)c(F)c1)c1ccccc1)C2)c1ccccc1. The molecule has 0 amide bonds. The summed E-state index contributed by atoms with van der Waals surface area (Å²) in [7, 11) is -4.41. The minimum atomic E-state index is -4.41. The van der Waals surface area contributed by atoms with E-state index in [0.717, 1.165) is 32.0 Å². The van der Waals surface area contributed by atoms with Crippen LogP contribution in [0, 0.1) is 17.6 Å². The molecule has 0 spiro atoms. The van der Waals surface area contributed by atoms with Gasteiger partial charge in [0, 0.05) is 24.3 Å². The standard InChI is InChI=1S/C29H29F2N2O5S/c30-24-12-11-23(17-25(24)31)39(36,37)32-28(22-9-5-2-6-10-22)29(35)38-27-19-33(15-13-21(27)14-16-33)18-26(34)20-7-3-1-4-8-20/h1-12,17,21,27-28,32H,13-16,18-19H2/q+1/t21?,27-,28?,33?/m0/s1. The van der Waals surface area contributed by atoms with Crippen LogP contribution in [0.25, 0.3) is 0 Å². The van der Waals surface area contributed by atoms with Gasteiger partial charge in [0.15, 0.2) is 17.7 Å². The van der Waals surface area contributed by atoms with Crippen LogP contribution >= 0.6 is 0 Å². The number of ketones is 1. The number of halogens is 2. The van der Waals surface area contributed by atoms with Gasteiger partial charge in [-0.05, 0) is 23.8 Å². The summed E-state index contributed by atoms with van der Waals surface area (Å²) in [4.78, 5) is 26.0. The van der Waals surface area contributed by atoms with Crippen LogP contribution in [0.1, 0.15) is 34.8 Å². The highest BCUT2D eigenvalue weighted by Gasteiger charge is 2.49. The Morgan fingerprint density at radius 2 is 1.56 bits per heavy atom. The molecule has 39 heavy (non-hydrogen) atoms. The van der Waals surface area contributed by atoms with Crippen molar-refractivity contribution in [3.05, 3.63) is 102 Å². The van der Waals surface area contributed by atoms with Gasteiger partial charge >= 0.3 is 5.97 Å². The van der Waals surface area contributed by atoms with Crippen LogP contribution < -0.4 is 4.72 Å². The topological polar surface area (TPSA) is 89.5 Å². The predicted octanol–water partition coefficient (Wildman–Crippen LogP) is 4.02. The third-order valence-corrected chi connectivity index (χ3v) is 9.15. The van der Waals surface area contributed by atoms with E-state index < -0.39 is 44.7 Å². The first kappa shape index (κ1) is 27.1. The number of esters is 1. The first-order chi connectivity index (χ1) is 18.7. The fraction of sp³-hybridized carbons (Fsp3) is 0.310. The van der Waals surface area contributed by atoms with Crippen molar-refractivity contribution < 1.29 is 36.0 Å². The van der Waals surface area contributed by atoms with Crippen molar-refractivity contribution in [3.63, 3.8) is 0 Å². The van der Waals surface area contributed by atoms with Crippen molar-refractivity contribution in [2.45, 2.75) is 29.9 Å². The predicted molar refractivity (Wildman–Crippen MR) is 139 cm³/mol. The number of Topliss-reactive ketones (excluding diaryl/α,β-unsaturated/α-hetero) is 1. The third-order valence-electron chi connectivity index (χ3n) is 7.73. The number of ether oxygens (including phenoxy) is 1. The van der Waals surface area contributed by atoms with Crippen LogP contribution in [0.2, 0.25) is 0 Å². The Bertz CT molecular complexity index is 1460. The highest BCUT2D eigenvalue weighted by molar-refractivity contribution is 7.89. The van der Waals surface area contributed by atoms with E-state index in [2.05, 4.69) is 4.72 Å². The fourth-order valence-electron chi connectivity index (χ4n) is 5.58. The molecule has 3 heterocycles. The molecular weight excluding hydrogens is 526 g/mol. The second-order valence-corrected chi connectivity index (χ2v) is 12.0. The number of carbonyl (C=O) groups is 2. The van der Waals surface area contributed by atoms with Crippen molar-refractivity contribution in [1.82, 2.24) is 4.72 Å². The number of quaternary nitrogens is 1. The fourth-order valence-corrected chi connectivity index (χ4v) is 6.76. The Labute approximate surface area is 226 Å². The molecule has 3 aliphatic rings. The Balaban J connectivity index is 1.35. The molecule has 3 aromatic rings. The smallest absolute Gasteiger partial charge is 0.329 e. The van der Waals surface area contributed by atoms with Crippen LogP contribution in [-0.4, -0.2) is 56.9 Å². The number of hydrogen-bond donors (Lipinski definition) is 1. The maximum absolute atomic E-state index is 13.8. The molecule has 1 unspecified atom stereocenters. The quantitative estimate of drug-likeness (QED) is 0.245. The van der Waals surface area contributed by atoms with Crippen LogP contribution in [0.15, 0.2) is 83.8 Å². The lowest BCUT2D eigenvalue weighted by atomic mass is 9.82. The number of fused-ring (bicyclic) bond motifs is 3. The average molecular weight is 556 g/mol. The van der Waals surface area contributed by atoms with Crippen molar-refractivity contribution in [1.29, 1.82) is 0 Å².